The summed E-state index contributed by atoms with van der Waals surface area (Å²) < 4.78 is 1.82. The lowest BCUT2D eigenvalue weighted by Gasteiger charge is -1.99. The van der Waals surface area contributed by atoms with Crippen LogP contribution >= 0.6 is 34.5 Å². The van der Waals surface area contributed by atoms with Gasteiger partial charge in [-0.2, -0.15) is 0 Å². The molecule has 0 unspecified atom stereocenters. The molecule has 3 aromatic rings. The van der Waals surface area contributed by atoms with E-state index in [1.165, 1.54) is 11.3 Å². The molecule has 1 N–H and O–H groups in total. The highest BCUT2D eigenvalue weighted by atomic mass is 35.5. The Hall–Kier alpha value is -1.56. The Morgan fingerprint density at radius 1 is 1.30 bits per heavy atom. The summed E-state index contributed by atoms with van der Waals surface area (Å²) in [6, 6.07) is 5.33. The number of aromatic nitrogens is 2. The first-order valence-electron chi connectivity index (χ1n) is 5.67. The second kappa shape index (κ2) is 5.09. The quantitative estimate of drug-likeness (QED) is 0.791. The molecular weight excluding hydrogens is 319 g/mol. The van der Waals surface area contributed by atoms with Crippen molar-refractivity contribution < 1.29 is 9.90 Å². The predicted molar refractivity (Wildman–Crippen MR) is 79.9 cm³/mol. The third-order valence-corrected chi connectivity index (χ3v) is 4.48. The molecule has 20 heavy (non-hydrogen) atoms. The minimum absolute atomic E-state index is 0.0101. The zero-order valence-corrected chi connectivity index (χ0v) is 12.3. The van der Waals surface area contributed by atoms with Gasteiger partial charge >= 0.3 is 5.97 Å². The van der Waals surface area contributed by atoms with E-state index in [9.17, 15) is 4.79 Å². The fourth-order valence-corrected chi connectivity index (χ4v) is 3.12. The molecule has 0 saturated carbocycles. The summed E-state index contributed by atoms with van der Waals surface area (Å²) in [6.45, 7) is 0. The minimum Gasteiger partial charge on any atom is -0.481 e. The zero-order chi connectivity index (χ0) is 14.3. The molecule has 0 bridgehead atoms. The zero-order valence-electron chi connectivity index (χ0n) is 10.0. The van der Waals surface area contributed by atoms with Crippen LogP contribution in [0, 0.1) is 0 Å². The number of carbonyl (C=O) groups is 1. The minimum atomic E-state index is -0.848. The van der Waals surface area contributed by atoms with Gasteiger partial charge in [0.2, 0.25) is 0 Å². The maximum absolute atomic E-state index is 10.7. The number of aliphatic carboxylic acids is 1. The number of imidazole rings is 1. The first-order chi connectivity index (χ1) is 9.52. The van der Waals surface area contributed by atoms with Gasteiger partial charge in [-0.15, -0.1) is 11.3 Å². The van der Waals surface area contributed by atoms with Crippen LogP contribution in [0.15, 0.2) is 30.6 Å². The van der Waals surface area contributed by atoms with Gasteiger partial charge in [0.15, 0.2) is 4.96 Å². The number of hydrogen-bond acceptors (Lipinski definition) is 3. The number of carboxylic acid groups (broad SMARTS) is 1. The van der Waals surface area contributed by atoms with Gasteiger partial charge < -0.3 is 5.11 Å². The number of benzene rings is 1. The van der Waals surface area contributed by atoms with Crippen molar-refractivity contribution in [1.82, 2.24) is 9.38 Å². The molecule has 0 aliphatic heterocycles. The van der Waals surface area contributed by atoms with Crippen molar-refractivity contribution >= 4 is 45.5 Å². The molecule has 0 aliphatic rings. The lowest BCUT2D eigenvalue weighted by Crippen LogP contribution is -1.97. The van der Waals surface area contributed by atoms with Crippen LogP contribution in [0.4, 0.5) is 0 Å². The number of rotatable bonds is 3. The summed E-state index contributed by atoms with van der Waals surface area (Å²) in [6.07, 6.45) is 3.63. The predicted octanol–water partition coefficient (Wildman–Crippen LogP) is 4.00. The van der Waals surface area contributed by atoms with Crippen LogP contribution in [-0.4, -0.2) is 20.5 Å². The van der Waals surface area contributed by atoms with Crippen molar-refractivity contribution in [3.05, 3.63) is 45.5 Å². The molecule has 0 aliphatic carbocycles. The molecule has 7 heteroatoms. The van der Waals surface area contributed by atoms with Crippen LogP contribution in [-0.2, 0) is 11.2 Å². The van der Waals surface area contributed by atoms with Crippen LogP contribution in [0.1, 0.15) is 4.88 Å². The number of fused-ring (bicyclic) bond motifs is 1. The third-order valence-electron chi connectivity index (χ3n) is 2.74. The van der Waals surface area contributed by atoms with E-state index in [2.05, 4.69) is 4.98 Å². The van der Waals surface area contributed by atoms with Gasteiger partial charge in [-0.1, -0.05) is 29.3 Å². The molecule has 0 radical (unpaired) electrons. The second-order valence-corrected chi connectivity index (χ2v) is 6.12. The summed E-state index contributed by atoms with van der Waals surface area (Å²) in [5.74, 6) is -0.848. The van der Waals surface area contributed by atoms with Crippen molar-refractivity contribution in [2.45, 2.75) is 6.42 Å². The Labute approximate surface area is 128 Å². The highest BCUT2D eigenvalue weighted by molar-refractivity contribution is 7.17. The monoisotopic (exact) mass is 326 g/mol. The SMILES string of the molecule is O=C(O)Cc1cn2cc(-c3ccc(Cl)c(Cl)c3)nc2s1. The van der Waals surface area contributed by atoms with E-state index in [0.717, 1.165) is 21.1 Å². The van der Waals surface area contributed by atoms with Crippen LogP contribution in [0.3, 0.4) is 0 Å². The van der Waals surface area contributed by atoms with Gasteiger partial charge in [-0.25, -0.2) is 4.98 Å². The van der Waals surface area contributed by atoms with Gasteiger partial charge in [0, 0.05) is 22.8 Å². The van der Waals surface area contributed by atoms with E-state index in [1.807, 2.05) is 16.7 Å². The fraction of sp³-hybridized carbons (Fsp3) is 0.0769. The second-order valence-electron chi connectivity index (χ2n) is 4.21. The summed E-state index contributed by atoms with van der Waals surface area (Å²) in [4.78, 5) is 16.7. The van der Waals surface area contributed by atoms with Crippen LogP contribution in [0.5, 0.6) is 0 Å². The average molecular weight is 327 g/mol. The summed E-state index contributed by atoms with van der Waals surface area (Å²) in [5, 5.41) is 9.75. The normalized spacial score (nSPS) is 11.1. The fourth-order valence-electron chi connectivity index (χ4n) is 1.87. The van der Waals surface area contributed by atoms with E-state index < -0.39 is 5.97 Å². The Balaban J connectivity index is 1.98. The summed E-state index contributed by atoms with van der Waals surface area (Å²) in [5.41, 5.74) is 1.65. The van der Waals surface area contributed by atoms with Gasteiger partial charge in [0.1, 0.15) is 0 Å². The van der Waals surface area contributed by atoms with Crippen molar-refractivity contribution in [1.29, 1.82) is 0 Å². The molecule has 2 heterocycles. The first-order valence-corrected chi connectivity index (χ1v) is 7.25. The molecule has 1 aromatic carbocycles. The van der Waals surface area contributed by atoms with E-state index in [4.69, 9.17) is 28.3 Å². The molecule has 0 spiro atoms. The topological polar surface area (TPSA) is 54.6 Å². The summed E-state index contributed by atoms with van der Waals surface area (Å²) in [7, 11) is 0. The van der Waals surface area contributed by atoms with Gasteiger partial charge in [-0.3, -0.25) is 9.20 Å². The largest absolute Gasteiger partial charge is 0.481 e. The molecule has 0 saturated heterocycles. The van der Waals surface area contributed by atoms with Gasteiger partial charge in [-0.05, 0) is 12.1 Å². The molecule has 3 rings (SSSR count). The smallest absolute Gasteiger partial charge is 0.308 e. The van der Waals surface area contributed by atoms with Crippen molar-refractivity contribution in [2.75, 3.05) is 0 Å². The number of hydrogen-bond donors (Lipinski definition) is 1. The van der Waals surface area contributed by atoms with Gasteiger partial charge in [0.25, 0.3) is 0 Å². The maximum Gasteiger partial charge on any atom is 0.308 e. The number of halogens is 2. The molecule has 102 valence electrons. The highest BCUT2D eigenvalue weighted by Gasteiger charge is 2.11. The van der Waals surface area contributed by atoms with E-state index >= 15 is 0 Å². The van der Waals surface area contributed by atoms with E-state index in [-0.39, 0.29) is 6.42 Å². The van der Waals surface area contributed by atoms with Crippen LogP contribution in [0.2, 0.25) is 10.0 Å². The van der Waals surface area contributed by atoms with Crippen molar-refractivity contribution in [3.8, 4) is 11.3 Å². The lowest BCUT2D eigenvalue weighted by molar-refractivity contribution is -0.136. The Bertz CT molecular complexity index is 778. The summed E-state index contributed by atoms with van der Waals surface area (Å²) >= 11 is 13.2. The lowest BCUT2D eigenvalue weighted by atomic mass is 10.2. The molecular formula is C13H8Cl2N2O2S. The highest BCUT2D eigenvalue weighted by Crippen LogP contribution is 2.29. The van der Waals surface area contributed by atoms with Crippen molar-refractivity contribution in [2.24, 2.45) is 0 Å². The molecule has 4 nitrogen and oxygen atoms in total. The molecule has 0 amide bonds. The van der Waals surface area contributed by atoms with E-state index in [1.54, 1.807) is 18.3 Å². The molecule has 2 aromatic heterocycles. The van der Waals surface area contributed by atoms with E-state index in [0.29, 0.717) is 10.0 Å². The number of thiazole rings is 1. The first kappa shape index (κ1) is 13.4. The van der Waals surface area contributed by atoms with Crippen LogP contribution < -0.4 is 0 Å². The van der Waals surface area contributed by atoms with Gasteiger partial charge in [0.05, 0.1) is 22.2 Å². The molecule has 0 atom stereocenters. The Kier molecular flexibility index (Phi) is 3.41. The standard InChI is InChI=1S/C13H8Cl2N2O2S/c14-9-2-1-7(3-10(9)15)11-6-17-5-8(4-12(18)19)20-13(17)16-11/h1-3,5-6H,4H2,(H,18,19). The number of carboxylic acids is 1. The van der Waals surface area contributed by atoms with Crippen molar-refractivity contribution in [3.63, 3.8) is 0 Å². The van der Waals surface area contributed by atoms with Crippen LogP contribution in [0.25, 0.3) is 16.2 Å². The average Bonchev–Trinajstić information content (AvgIpc) is 2.89. The third kappa shape index (κ3) is 2.52. The Morgan fingerprint density at radius 3 is 2.75 bits per heavy atom. The molecule has 0 fully saturated rings. The maximum atomic E-state index is 10.7. The number of nitrogens with zero attached hydrogens (tertiary/aromatic N) is 2. The Morgan fingerprint density at radius 2 is 2.10 bits per heavy atom.